The van der Waals surface area contributed by atoms with Gasteiger partial charge in [0.05, 0.1) is 5.71 Å². The van der Waals surface area contributed by atoms with Crippen LogP contribution in [0.1, 0.15) is 22.8 Å². The van der Waals surface area contributed by atoms with Gasteiger partial charge in [0.2, 0.25) is 0 Å². The molecule has 4 heteroatoms. The highest BCUT2D eigenvalue weighted by Crippen LogP contribution is 2.19. The molecule has 3 aromatic rings. The lowest BCUT2D eigenvalue weighted by molar-refractivity contribution is 0.0955. The third-order valence-electron chi connectivity index (χ3n) is 3.88. The number of carbonyl (C=O) groups excluding carboxylic acids is 1. The second-order valence-electron chi connectivity index (χ2n) is 5.71. The normalized spacial score (nSPS) is 11.2. The van der Waals surface area contributed by atoms with E-state index in [2.05, 4.69) is 10.5 Å². The fourth-order valence-electron chi connectivity index (χ4n) is 2.47. The Morgan fingerprint density at radius 1 is 0.840 bits per heavy atom. The van der Waals surface area contributed by atoms with Gasteiger partial charge in [-0.1, -0.05) is 54.6 Å². The molecule has 0 aliphatic rings. The number of hydrogen-bond donors (Lipinski definition) is 2. The third-order valence-corrected chi connectivity index (χ3v) is 3.88. The van der Waals surface area contributed by atoms with Crippen LogP contribution < -0.4 is 11.2 Å². The summed E-state index contributed by atoms with van der Waals surface area (Å²) in [5.41, 5.74) is 13.3. The minimum atomic E-state index is -0.247. The van der Waals surface area contributed by atoms with Gasteiger partial charge in [0.25, 0.3) is 5.91 Å². The molecule has 0 heterocycles. The number of hydrogen-bond acceptors (Lipinski definition) is 3. The number of nitrogens with zero attached hydrogens (tertiary/aromatic N) is 1. The number of nitrogens with two attached hydrogens (primary N) is 1. The van der Waals surface area contributed by atoms with Gasteiger partial charge in [0, 0.05) is 11.3 Å². The Labute approximate surface area is 147 Å². The average molecular weight is 329 g/mol. The SMILES string of the molecule is C/C(=N/NC(=O)c1ccc(-c2ccccc2)cc1)c1cccc(N)c1. The number of nitrogen functional groups attached to an aromatic ring is 1. The molecule has 0 bridgehead atoms. The van der Waals surface area contributed by atoms with Crippen LogP contribution in [-0.4, -0.2) is 11.6 Å². The van der Waals surface area contributed by atoms with Gasteiger partial charge >= 0.3 is 0 Å². The maximum Gasteiger partial charge on any atom is 0.271 e. The van der Waals surface area contributed by atoms with Gasteiger partial charge in [0.15, 0.2) is 0 Å². The molecular formula is C21H19N3O. The second-order valence-corrected chi connectivity index (χ2v) is 5.71. The molecule has 3 rings (SSSR count). The van der Waals surface area contributed by atoms with Crippen molar-refractivity contribution in [2.45, 2.75) is 6.92 Å². The Morgan fingerprint density at radius 3 is 2.20 bits per heavy atom. The van der Waals surface area contributed by atoms with Crippen LogP contribution in [0.5, 0.6) is 0 Å². The standard InChI is InChI=1S/C21H19N3O/c1-15(19-8-5-9-20(22)14-19)23-24-21(25)18-12-10-17(11-13-18)16-6-3-2-4-7-16/h2-14H,22H2,1H3,(H,24,25)/b23-15-. The van der Waals surface area contributed by atoms with E-state index >= 15 is 0 Å². The van der Waals surface area contributed by atoms with E-state index < -0.39 is 0 Å². The minimum Gasteiger partial charge on any atom is -0.399 e. The zero-order valence-corrected chi connectivity index (χ0v) is 13.9. The summed E-state index contributed by atoms with van der Waals surface area (Å²) in [5.74, 6) is -0.247. The van der Waals surface area contributed by atoms with E-state index in [0.717, 1.165) is 16.7 Å². The smallest absolute Gasteiger partial charge is 0.271 e. The summed E-state index contributed by atoms with van der Waals surface area (Å²) < 4.78 is 0. The third kappa shape index (κ3) is 4.12. The van der Waals surface area contributed by atoms with Gasteiger partial charge in [-0.05, 0) is 47.9 Å². The molecule has 3 N–H and O–H groups in total. The summed E-state index contributed by atoms with van der Waals surface area (Å²) in [6.45, 7) is 1.83. The predicted molar refractivity (Wildman–Crippen MR) is 102 cm³/mol. The molecule has 1 amide bonds. The van der Waals surface area contributed by atoms with Crippen LogP contribution in [0.15, 0.2) is 84.0 Å². The van der Waals surface area contributed by atoms with Crippen LogP contribution in [0, 0.1) is 0 Å². The average Bonchev–Trinajstić information content (AvgIpc) is 2.66. The minimum absolute atomic E-state index is 0.247. The zero-order chi connectivity index (χ0) is 17.6. The van der Waals surface area contributed by atoms with Gasteiger partial charge in [-0.15, -0.1) is 0 Å². The van der Waals surface area contributed by atoms with E-state index in [1.165, 1.54) is 0 Å². The van der Waals surface area contributed by atoms with E-state index in [1.807, 2.05) is 73.7 Å². The first-order chi connectivity index (χ1) is 12.1. The summed E-state index contributed by atoms with van der Waals surface area (Å²) in [5, 5.41) is 4.15. The molecule has 124 valence electrons. The molecule has 0 saturated heterocycles. The molecule has 4 nitrogen and oxygen atoms in total. The molecule has 0 radical (unpaired) electrons. The van der Waals surface area contributed by atoms with E-state index in [1.54, 1.807) is 12.1 Å². The fourth-order valence-corrected chi connectivity index (χ4v) is 2.47. The summed E-state index contributed by atoms with van der Waals surface area (Å²) in [6, 6.07) is 24.9. The van der Waals surface area contributed by atoms with Crippen molar-refractivity contribution in [1.29, 1.82) is 0 Å². The molecule has 0 spiro atoms. The van der Waals surface area contributed by atoms with Crippen LogP contribution in [-0.2, 0) is 0 Å². The van der Waals surface area contributed by atoms with Crippen molar-refractivity contribution >= 4 is 17.3 Å². The zero-order valence-electron chi connectivity index (χ0n) is 13.9. The molecular weight excluding hydrogens is 310 g/mol. The maximum absolute atomic E-state index is 12.3. The van der Waals surface area contributed by atoms with Crippen LogP contribution in [0.2, 0.25) is 0 Å². The molecule has 0 aromatic heterocycles. The number of anilines is 1. The Morgan fingerprint density at radius 2 is 1.52 bits per heavy atom. The largest absolute Gasteiger partial charge is 0.399 e. The molecule has 0 fully saturated rings. The first-order valence-corrected chi connectivity index (χ1v) is 7.99. The Hall–Kier alpha value is -3.40. The van der Waals surface area contributed by atoms with Crippen molar-refractivity contribution in [2.75, 3.05) is 5.73 Å². The lowest BCUT2D eigenvalue weighted by Crippen LogP contribution is -2.19. The van der Waals surface area contributed by atoms with E-state index in [-0.39, 0.29) is 5.91 Å². The number of benzene rings is 3. The molecule has 0 aliphatic heterocycles. The second kappa shape index (κ2) is 7.45. The quantitative estimate of drug-likeness (QED) is 0.430. The molecule has 0 aliphatic carbocycles. The van der Waals surface area contributed by atoms with Crippen molar-refractivity contribution in [3.63, 3.8) is 0 Å². The Bertz CT molecular complexity index is 900. The highest BCUT2D eigenvalue weighted by Gasteiger charge is 2.06. The van der Waals surface area contributed by atoms with E-state index in [0.29, 0.717) is 17.0 Å². The molecule has 0 saturated carbocycles. The summed E-state index contributed by atoms with van der Waals surface area (Å²) in [6.07, 6.45) is 0. The topological polar surface area (TPSA) is 67.5 Å². The summed E-state index contributed by atoms with van der Waals surface area (Å²) in [7, 11) is 0. The predicted octanol–water partition coefficient (Wildman–Crippen LogP) is 4.09. The van der Waals surface area contributed by atoms with E-state index in [9.17, 15) is 4.79 Å². The van der Waals surface area contributed by atoms with Crippen molar-refractivity contribution in [3.05, 3.63) is 90.0 Å². The summed E-state index contributed by atoms with van der Waals surface area (Å²) >= 11 is 0. The van der Waals surface area contributed by atoms with Gasteiger partial charge in [-0.3, -0.25) is 4.79 Å². The number of rotatable bonds is 4. The molecule has 0 atom stereocenters. The van der Waals surface area contributed by atoms with Gasteiger partial charge in [-0.2, -0.15) is 5.10 Å². The fraction of sp³-hybridized carbons (Fsp3) is 0.0476. The van der Waals surface area contributed by atoms with Crippen LogP contribution in [0.4, 0.5) is 5.69 Å². The van der Waals surface area contributed by atoms with Crippen molar-refractivity contribution in [1.82, 2.24) is 5.43 Å². The Kier molecular flexibility index (Phi) is 4.90. The van der Waals surface area contributed by atoms with Gasteiger partial charge < -0.3 is 5.73 Å². The number of carbonyl (C=O) groups is 1. The lowest BCUT2D eigenvalue weighted by Gasteiger charge is -2.05. The van der Waals surface area contributed by atoms with Crippen molar-refractivity contribution in [3.8, 4) is 11.1 Å². The van der Waals surface area contributed by atoms with Gasteiger partial charge in [0.1, 0.15) is 0 Å². The highest BCUT2D eigenvalue weighted by molar-refractivity contribution is 6.01. The first-order valence-electron chi connectivity index (χ1n) is 7.99. The van der Waals surface area contributed by atoms with Crippen LogP contribution in [0.3, 0.4) is 0 Å². The summed E-state index contributed by atoms with van der Waals surface area (Å²) in [4.78, 5) is 12.3. The highest BCUT2D eigenvalue weighted by atomic mass is 16.2. The molecule has 25 heavy (non-hydrogen) atoms. The first kappa shape index (κ1) is 16.5. The number of hydrazone groups is 1. The maximum atomic E-state index is 12.3. The van der Waals surface area contributed by atoms with Crippen LogP contribution in [0.25, 0.3) is 11.1 Å². The van der Waals surface area contributed by atoms with Crippen molar-refractivity contribution in [2.24, 2.45) is 5.10 Å². The lowest BCUT2D eigenvalue weighted by atomic mass is 10.0. The van der Waals surface area contributed by atoms with Crippen LogP contribution >= 0.6 is 0 Å². The van der Waals surface area contributed by atoms with Gasteiger partial charge in [-0.25, -0.2) is 5.43 Å². The number of nitrogens with one attached hydrogen (secondary N) is 1. The number of amides is 1. The molecule has 0 unspecified atom stereocenters. The molecule has 3 aromatic carbocycles. The Balaban J connectivity index is 1.70. The monoisotopic (exact) mass is 329 g/mol. The van der Waals surface area contributed by atoms with E-state index in [4.69, 9.17) is 5.73 Å². The van der Waals surface area contributed by atoms with Crippen molar-refractivity contribution < 1.29 is 4.79 Å².